The van der Waals surface area contributed by atoms with Gasteiger partial charge < -0.3 is 5.11 Å². The van der Waals surface area contributed by atoms with Crippen LogP contribution in [0, 0.1) is 0 Å². The lowest BCUT2D eigenvalue weighted by molar-refractivity contribution is 0.466. The second-order valence-corrected chi connectivity index (χ2v) is 2.86. The first-order chi connectivity index (χ1) is 6.31. The number of hydrogen-bond donors (Lipinski definition) is 1. The van der Waals surface area contributed by atoms with Crippen molar-refractivity contribution < 1.29 is 5.11 Å². The second kappa shape index (κ2) is 3.01. The van der Waals surface area contributed by atoms with Gasteiger partial charge in [0.25, 0.3) is 0 Å². The predicted molar refractivity (Wildman–Crippen MR) is 50.6 cm³/mol. The molecule has 2 rings (SSSR count). The van der Waals surface area contributed by atoms with E-state index in [1.807, 2.05) is 19.1 Å². The van der Waals surface area contributed by atoms with Crippen molar-refractivity contribution in [1.82, 2.24) is 9.97 Å². The second-order valence-electron chi connectivity index (χ2n) is 2.86. The van der Waals surface area contributed by atoms with Crippen molar-refractivity contribution in [2.24, 2.45) is 0 Å². The van der Waals surface area contributed by atoms with Gasteiger partial charge in [0, 0.05) is 11.6 Å². The standard InChI is InChI=1S/C10H10N2O/c1-2-8-9(13)6-7-4-3-5-11-10(7)12-8/h3-6,13H,2H2,1H3. The highest BCUT2D eigenvalue weighted by Crippen LogP contribution is 2.20. The maximum atomic E-state index is 9.52. The minimum absolute atomic E-state index is 0.253. The lowest BCUT2D eigenvalue weighted by atomic mass is 10.2. The fraction of sp³-hybridized carbons (Fsp3) is 0.200. The predicted octanol–water partition coefficient (Wildman–Crippen LogP) is 1.90. The summed E-state index contributed by atoms with van der Waals surface area (Å²) in [6.07, 6.45) is 2.42. The van der Waals surface area contributed by atoms with Gasteiger partial charge in [0.05, 0.1) is 5.69 Å². The Morgan fingerprint density at radius 1 is 1.46 bits per heavy atom. The molecule has 0 fully saturated rings. The molecule has 0 amide bonds. The normalized spacial score (nSPS) is 10.5. The molecule has 0 radical (unpaired) electrons. The summed E-state index contributed by atoms with van der Waals surface area (Å²) in [7, 11) is 0. The van der Waals surface area contributed by atoms with E-state index < -0.39 is 0 Å². The molecule has 2 aromatic rings. The van der Waals surface area contributed by atoms with Crippen molar-refractivity contribution in [2.45, 2.75) is 13.3 Å². The molecule has 0 bridgehead atoms. The number of aromatic nitrogens is 2. The Morgan fingerprint density at radius 2 is 2.31 bits per heavy atom. The van der Waals surface area contributed by atoms with Crippen molar-refractivity contribution in [1.29, 1.82) is 0 Å². The van der Waals surface area contributed by atoms with E-state index in [1.165, 1.54) is 0 Å². The molecule has 0 saturated heterocycles. The minimum Gasteiger partial charge on any atom is -0.506 e. The smallest absolute Gasteiger partial charge is 0.159 e. The van der Waals surface area contributed by atoms with Crippen LogP contribution >= 0.6 is 0 Å². The van der Waals surface area contributed by atoms with Gasteiger partial charge >= 0.3 is 0 Å². The van der Waals surface area contributed by atoms with Crippen LogP contribution in [0.15, 0.2) is 24.4 Å². The monoisotopic (exact) mass is 174 g/mol. The Labute approximate surface area is 76.1 Å². The molecule has 66 valence electrons. The Balaban J connectivity index is 2.74. The van der Waals surface area contributed by atoms with Gasteiger partial charge in [0.15, 0.2) is 5.65 Å². The van der Waals surface area contributed by atoms with Crippen LogP contribution in [0.25, 0.3) is 11.0 Å². The van der Waals surface area contributed by atoms with E-state index >= 15 is 0 Å². The van der Waals surface area contributed by atoms with Crippen LogP contribution in [0.4, 0.5) is 0 Å². The van der Waals surface area contributed by atoms with Crippen LogP contribution in [0.2, 0.25) is 0 Å². The van der Waals surface area contributed by atoms with Crippen molar-refractivity contribution in [3.8, 4) is 5.75 Å². The number of nitrogens with zero attached hydrogens (tertiary/aromatic N) is 2. The van der Waals surface area contributed by atoms with Crippen LogP contribution in [-0.4, -0.2) is 15.1 Å². The van der Waals surface area contributed by atoms with Crippen molar-refractivity contribution in [3.05, 3.63) is 30.1 Å². The Bertz CT molecular complexity index is 440. The van der Waals surface area contributed by atoms with Gasteiger partial charge in [-0.15, -0.1) is 0 Å². The zero-order valence-corrected chi connectivity index (χ0v) is 7.36. The first-order valence-corrected chi connectivity index (χ1v) is 4.25. The summed E-state index contributed by atoms with van der Waals surface area (Å²) < 4.78 is 0. The van der Waals surface area contributed by atoms with Gasteiger partial charge in [-0.3, -0.25) is 0 Å². The number of aromatic hydroxyl groups is 1. The van der Waals surface area contributed by atoms with Crippen LogP contribution in [0.1, 0.15) is 12.6 Å². The highest BCUT2D eigenvalue weighted by molar-refractivity contribution is 5.76. The van der Waals surface area contributed by atoms with Gasteiger partial charge in [-0.2, -0.15) is 0 Å². The number of pyridine rings is 2. The summed E-state index contributed by atoms with van der Waals surface area (Å²) in [6.45, 7) is 1.96. The van der Waals surface area contributed by atoms with Crippen molar-refractivity contribution in [2.75, 3.05) is 0 Å². The Hall–Kier alpha value is -1.64. The largest absolute Gasteiger partial charge is 0.506 e. The van der Waals surface area contributed by atoms with E-state index in [2.05, 4.69) is 9.97 Å². The molecule has 3 heteroatoms. The topological polar surface area (TPSA) is 46.0 Å². The molecule has 0 aliphatic carbocycles. The number of rotatable bonds is 1. The highest BCUT2D eigenvalue weighted by atomic mass is 16.3. The zero-order chi connectivity index (χ0) is 9.26. The molecule has 13 heavy (non-hydrogen) atoms. The first-order valence-electron chi connectivity index (χ1n) is 4.25. The third-order valence-electron chi connectivity index (χ3n) is 1.98. The maximum absolute atomic E-state index is 9.52. The molecule has 0 saturated carbocycles. The molecule has 2 heterocycles. The van der Waals surface area contributed by atoms with E-state index in [-0.39, 0.29) is 5.75 Å². The zero-order valence-electron chi connectivity index (χ0n) is 7.36. The molecular formula is C10H10N2O. The summed E-state index contributed by atoms with van der Waals surface area (Å²) in [5.41, 5.74) is 1.39. The third kappa shape index (κ3) is 1.33. The van der Waals surface area contributed by atoms with Gasteiger partial charge in [-0.05, 0) is 24.6 Å². The van der Waals surface area contributed by atoms with Crippen LogP contribution in [-0.2, 0) is 6.42 Å². The summed E-state index contributed by atoms with van der Waals surface area (Å²) in [5.74, 6) is 0.253. The molecule has 0 aromatic carbocycles. The highest BCUT2D eigenvalue weighted by Gasteiger charge is 2.03. The Kier molecular flexibility index (Phi) is 1.85. The fourth-order valence-corrected chi connectivity index (χ4v) is 1.29. The van der Waals surface area contributed by atoms with Crippen LogP contribution in [0.5, 0.6) is 5.75 Å². The molecule has 2 aromatic heterocycles. The Morgan fingerprint density at radius 3 is 3.08 bits per heavy atom. The average molecular weight is 174 g/mol. The van der Waals surface area contributed by atoms with Crippen molar-refractivity contribution >= 4 is 11.0 Å². The lowest BCUT2D eigenvalue weighted by Crippen LogP contribution is -1.90. The summed E-state index contributed by atoms with van der Waals surface area (Å²) in [6, 6.07) is 5.41. The fourth-order valence-electron chi connectivity index (χ4n) is 1.29. The molecular weight excluding hydrogens is 164 g/mol. The quantitative estimate of drug-likeness (QED) is 0.718. The molecule has 0 unspecified atom stereocenters. The molecule has 0 aliphatic heterocycles. The summed E-state index contributed by atoms with van der Waals surface area (Å²) >= 11 is 0. The third-order valence-corrected chi connectivity index (χ3v) is 1.98. The van der Waals surface area contributed by atoms with Crippen molar-refractivity contribution in [3.63, 3.8) is 0 Å². The minimum atomic E-state index is 0.253. The molecule has 0 aliphatic rings. The SMILES string of the molecule is CCc1nc2ncccc2cc1O. The molecule has 3 nitrogen and oxygen atoms in total. The lowest BCUT2D eigenvalue weighted by Gasteiger charge is -2.01. The van der Waals surface area contributed by atoms with E-state index in [9.17, 15) is 5.11 Å². The van der Waals surface area contributed by atoms with Gasteiger partial charge in [0.1, 0.15) is 5.75 Å². The number of hydrogen-bond acceptors (Lipinski definition) is 3. The van der Waals surface area contributed by atoms with Crippen LogP contribution < -0.4 is 0 Å². The van der Waals surface area contributed by atoms with E-state index in [0.29, 0.717) is 11.3 Å². The molecule has 0 atom stereocenters. The molecule has 1 N–H and O–H groups in total. The number of fused-ring (bicyclic) bond motifs is 1. The van der Waals surface area contributed by atoms with Gasteiger partial charge in [-0.1, -0.05) is 6.92 Å². The summed E-state index contributed by atoms with van der Waals surface area (Å²) in [5, 5.41) is 10.4. The van der Waals surface area contributed by atoms with Gasteiger partial charge in [0.2, 0.25) is 0 Å². The van der Waals surface area contributed by atoms with Gasteiger partial charge in [-0.25, -0.2) is 9.97 Å². The van der Waals surface area contributed by atoms with E-state index in [0.717, 1.165) is 11.8 Å². The first kappa shape index (κ1) is 7.98. The van der Waals surface area contributed by atoms with E-state index in [1.54, 1.807) is 12.3 Å². The van der Waals surface area contributed by atoms with E-state index in [4.69, 9.17) is 0 Å². The summed E-state index contributed by atoms with van der Waals surface area (Å²) in [4.78, 5) is 8.34. The van der Waals surface area contributed by atoms with Crippen LogP contribution in [0.3, 0.4) is 0 Å². The number of aryl methyl sites for hydroxylation is 1. The maximum Gasteiger partial charge on any atom is 0.159 e. The molecule has 0 spiro atoms. The average Bonchev–Trinajstić information content (AvgIpc) is 2.17.